The summed E-state index contributed by atoms with van der Waals surface area (Å²) in [4.78, 5) is 0. The van der Waals surface area contributed by atoms with Gasteiger partial charge < -0.3 is 10.2 Å². The molecular weight excluding hydrogens is 200 g/mol. The van der Waals surface area contributed by atoms with E-state index in [1.807, 2.05) is 27.7 Å². The summed E-state index contributed by atoms with van der Waals surface area (Å²) in [6.45, 7) is 11.5. The van der Waals surface area contributed by atoms with Crippen LogP contribution in [0.15, 0.2) is 0 Å². The molecule has 0 heterocycles. The zero-order valence-electron chi connectivity index (χ0n) is 11.5. The largest absolute Gasteiger partial charge is 0.378 e. The van der Waals surface area contributed by atoms with Crippen LogP contribution in [0.4, 0.5) is 0 Å². The lowest BCUT2D eigenvalue weighted by molar-refractivity contribution is 0.0591. The molecule has 0 saturated carbocycles. The van der Waals surface area contributed by atoms with E-state index in [1.165, 1.54) is 0 Å². The first-order chi connectivity index (χ1) is 7.10. The Kier molecular flexibility index (Phi) is 5.52. The summed E-state index contributed by atoms with van der Waals surface area (Å²) < 4.78 is 0. The van der Waals surface area contributed by atoms with Crippen LogP contribution in [0.3, 0.4) is 0 Å². The van der Waals surface area contributed by atoms with Gasteiger partial charge in [-0.2, -0.15) is 0 Å². The third kappa shape index (κ3) is 5.53. The summed E-state index contributed by atoms with van der Waals surface area (Å²) in [6, 6.07) is 0. The normalized spacial score (nSPS) is 20.6. The van der Waals surface area contributed by atoms with Crippen molar-refractivity contribution in [1.29, 1.82) is 0 Å². The van der Waals surface area contributed by atoms with E-state index in [1.54, 1.807) is 13.8 Å². The van der Waals surface area contributed by atoms with Crippen molar-refractivity contribution in [2.45, 2.75) is 65.6 Å². The van der Waals surface area contributed by atoms with Crippen LogP contribution in [0.25, 0.3) is 0 Å². The predicted molar refractivity (Wildman–Crippen MR) is 67.9 cm³/mol. The minimum atomic E-state index is -1.02. The monoisotopic (exact) mass is 226 g/mol. The highest BCUT2D eigenvalue weighted by Crippen LogP contribution is 2.20. The third-order valence-corrected chi connectivity index (χ3v) is 2.96. The van der Waals surface area contributed by atoms with E-state index in [2.05, 4.69) is 11.8 Å². The Balaban J connectivity index is 4.70. The highest BCUT2D eigenvalue weighted by atomic mass is 16.3. The fourth-order valence-electron chi connectivity index (χ4n) is 1.63. The van der Waals surface area contributed by atoms with Crippen LogP contribution in [0.2, 0.25) is 0 Å². The molecule has 3 atom stereocenters. The molecule has 0 aliphatic carbocycles. The molecule has 0 aliphatic rings. The van der Waals surface area contributed by atoms with E-state index in [-0.39, 0.29) is 5.92 Å². The van der Waals surface area contributed by atoms with Gasteiger partial charge in [-0.25, -0.2) is 0 Å². The fourth-order valence-corrected chi connectivity index (χ4v) is 1.63. The second-order valence-corrected chi connectivity index (χ2v) is 5.58. The van der Waals surface area contributed by atoms with Crippen molar-refractivity contribution < 1.29 is 10.2 Å². The van der Waals surface area contributed by atoms with E-state index >= 15 is 0 Å². The standard InChI is InChI=1S/C14H26O2/c1-7-12(4)14(6,16)9-8-13(5,15)10-11(2)3/h11-12,15-16H,7,10H2,1-6H3. The second kappa shape index (κ2) is 5.70. The minimum Gasteiger partial charge on any atom is -0.378 e. The summed E-state index contributed by atoms with van der Waals surface area (Å²) >= 11 is 0. The Bertz CT molecular complexity index is 266. The molecule has 0 spiro atoms. The van der Waals surface area contributed by atoms with Gasteiger partial charge in [-0.1, -0.05) is 39.5 Å². The second-order valence-electron chi connectivity index (χ2n) is 5.58. The van der Waals surface area contributed by atoms with E-state index < -0.39 is 11.2 Å². The van der Waals surface area contributed by atoms with Crippen LogP contribution in [-0.2, 0) is 0 Å². The number of hydrogen-bond donors (Lipinski definition) is 2. The molecule has 0 aromatic rings. The van der Waals surface area contributed by atoms with Crippen molar-refractivity contribution in [3.8, 4) is 11.8 Å². The highest BCUT2D eigenvalue weighted by molar-refractivity contribution is 5.20. The van der Waals surface area contributed by atoms with Gasteiger partial charge in [-0.15, -0.1) is 0 Å². The van der Waals surface area contributed by atoms with Gasteiger partial charge in [-0.05, 0) is 38.5 Å². The van der Waals surface area contributed by atoms with E-state index in [4.69, 9.17) is 0 Å². The van der Waals surface area contributed by atoms with Crippen molar-refractivity contribution in [2.75, 3.05) is 0 Å². The van der Waals surface area contributed by atoms with E-state index in [9.17, 15) is 10.2 Å². The number of hydrogen-bond acceptors (Lipinski definition) is 2. The topological polar surface area (TPSA) is 40.5 Å². The van der Waals surface area contributed by atoms with Gasteiger partial charge in [0.15, 0.2) is 0 Å². The molecule has 0 saturated heterocycles. The molecule has 0 fully saturated rings. The molecule has 3 unspecified atom stereocenters. The Morgan fingerprint density at radius 3 is 1.94 bits per heavy atom. The maximum Gasteiger partial charge on any atom is 0.125 e. The molecule has 0 aromatic heterocycles. The summed E-state index contributed by atoms with van der Waals surface area (Å²) in [7, 11) is 0. The molecule has 0 rings (SSSR count). The molecule has 0 amide bonds. The van der Waals surface area contributed by atoms with Gasteiger partial charge in [0.1, 0.15) is 11.2 Å². The molecule has 0 aromatic carbocycles. The van der Waals surface area contributed by atoms with Crippen LogP contribution in [0.1, 0.15) is 54.4 Å². The van der Waals surface area contributed by atoms with E-state index in [0.717, 1.165) is 6.42 Å². The number of rotatable bonds is 4. The Labute approximate surface area is 100 Å². The minimum absolute atomic E-state index is 0.106. The van der Waals surface area contributed by atoms with Crippen molar-refractivity contribution in [3.05, 3.63) is 0 Å². The quantitative estimate of drug-likeness (QED) is 0.723. The van der Waals surface area contributed by atoms with Crippen LogP contribution in [0, 0.1) is 23.7 Å². The van der Waals surface area contributed by atoms with Gasteiger partial charge in [-0.3, -0.25) is 0 Å². The van der Waals surface area contributed by atoms with Crippen LogP contribution in [-0.4, -0.2) is 21.4 Å². The molecule has 2 nitrogen and oxygen atoms in total. The molecule has 16 heavy (non-hydrogen) atoms. The maximum atomic E-state index is 10.1. The Morgan fingerprint density at radius 1 is 1.06 bits per heavy atom. The van der Waals surface area contributed by atoms with Gasteiger partial charge in [0.25, 0.3) is 0 Å². The summed E-state index contributed by atoms with van der Waals surface area (Å²) in [6.07, 6.45) is 1.49. The summed E-state index contributed by atoms with van der Waals surface area (Å²) in [5.41, 5.74) is -2.03. The third-order valence-electron chi connectivity index (χ3n) is 2.96. The lowest BCUT2D eigenvalue weighted by atomic mass is 9.87. The van der Waals surface area contributed by atoms with E-state index in [0.29, 0.717) is 12.3 Å². The first-order valence-corrected chi connectivity index (χ1v) is 6.10. The zero-order chi connectivity index (χ0) is 13.0. The first kappa shape index (κ1) is 15.5. The first-order valence-electron chi connectivity index (χ1n) is 6.10. The molecule has 0 radical (unpaired) electrons. The summed E-state index contributed by atoms with van der Waals surface area (Å²) in [5.74, 6) is 6.11. The summed E-state index contributed by atoms with van der Waals surface area (Å²) in [5, 5.41) is 20.1. The van der Waals surface area contributed by atoms with Gasteiger partial charge in [0, 0.05) is 0 Å². The molecular formula is C14H26O2. The molecule has 94 valence electrons. The van der Waals surface area contributed by atoms with Crippen molar-refractivity contribution >= 4 is 0 Å². The van der Waals surface area contributed by atoms with Crippen molar-refractivity contribution in [2.24, 2.45) is 11.8 Å². The van der Waals surface area contributed by atoms with Gasteiger partial charge in [0.05, 0.1) is 0 Å². The smallest absolute Gasteiger partial charge is 0.125 e. The Morgan fingerprint density at radius 2 is 1.56 bits per heavy atom. The molecule has 0 aliphatic heterocycles. The maximum absolute atomic E-state index is 10.1. The number of aliphatic hydroxyl groups is 2. The van der Waals surface area contributed by atoms with Crippen LogP contribution < -0.4 is 0 Å². The average molecular weight is 226 g/mol. The highest BCUT2D eigenvalue weighted by Gasteiger charge is 2.26. The average Bonchev–Trinajstić information content (AvgIpc) is 2.12. The Hall–Kier alpha value is -0.520. The molecule has 0 bridgehead atoms. The van der Waals surface area contributed by atoms with Crippen molar-refractivity contribution in [3.63, 3.8) is 0 Å². The molecule has 2 N–H and O–H groups in total. The predicted octanol–water partition coefficient (Wildman–Crippen LogP) is 2.58. The lowest BCUT2D eigenvalue weighted by Crippen LogP contribution is -2.32. The van der Waals surface area contributed by atoms with Gasteiger partial charge in [0.2, 0.25) is 0 Å². The van der Waals surface area contributed by atoms with Crippen LogP contribution in [0.5, 0.6) is 0 Å². The van der Waals surface area contributed by atoms with Crippen molar-refractivity contribution in [1.82, 2.24) is 0 Å². The zero-order valence-corrected chi connectivity index (χ0v) is 11.5. The molecule has 2 heteroatoms. The van der Waals surface area contributed by atoms with Gasteiger partial charge >= 0.3 is 0 Å². The SMILES string of the molecule is CCC(C)C(C)(O)C#CC(C)(O)CC(C)C. The lowest BCUT2D eigenvalue weighted by Gasteiger charge is -2.25. The fraction of sp³-hybridized carbons (Fsp3) is 0.857. The van der Waals surface area contributed by atoms with Crippen LogP contribution >= 0.6 is 0 Å².